The Morgan fingerprint density at radius 1 is 0.944 bits per heavy atom. The fourth-order valence-corrected chi connectivity index (χ4v) is 7.20. The minimum atomic E-state index is -0.270. The molecule has 1 aromatic heterocycles. The van der Waals surface area contributed by atoms with E-state index in [4.69, 9.17) is 0 Å². The largest absolute Gasteiger partial charge is 0.394 e. The van der Waals surface area contributed by atoms with Gasteiger partial charge in [-0.2, -0.15) is 0 Å². The smallest absolute Gasteiger partial charge is 0.329 e. The molecule has 0 spiro atoms. The van der Waals surface area contributed by atoms with Crippen LogP contribution in [-0.4, -0.2) is 68.8 Å². The third-order valence-corrected chi connectivity index (χ3v) is 9.11. The summed E-state index contributed by atoms with van der Waals surface area (Å²) >= 11 is 0. The summed E-state index contributed by atoms with van der Waals surface area (Å²) in [6, 6.07) is 7.76. The minimum absolute atomic E-state index is 0.00454. The Balaban J connectivity index is 1.45. The molecule has 0 radical (unpaired) electrons. The second-order valence-corrected chi connectivity index (χ2v) is 11.3. The van der Waals surface area contributed by atoms with E-state index in [0.717, 1.165) is 43.4 Å². The summed E-state index contributed by atoms with van der Waals surface area (Å²) in [6.45, 7) is 6.04. The molecule has 0 unspecified atom stereocenters. The lowest BCUT2D eigenvalue weighted by Gasteiger charge is -2.41. The molecule has 1 aliphatic carbocycles. The van der Waals surface area contributed by atoms with Gasteiger partial charge in [0.2, 0.25) is 5.91 Å². The highest BCUT2D eigenvalue weighted by molar-refractivity contribution is 5.81. The number of piperidine rings is 1. The van der Waals surface area contributed by atoms with E-state index >= 15 is 0 Å². The number of hydrogen-bond acceptors (Lipinski definition) is 4. The molecule has 198 valence electrons. The Morgan fingerprint density at radius 3 is 2.39 bits per heavy atom. The first-order chi connectivity index (χ1) is 17.6. The number of para-hydroxylation sites is 2. The van der Waals surface area contributed by atoms with Crippen molar-refractivity contribution in [3.63, 3.8) is 0 Å². The molecule has 2 aliphatic heterocycles. The molecule has 36 heavy (non-hydrogen) atoms. The number of aromatic nitrogens is 2. The third kappa shape index (κ3) is 5.01. The maximum absolute atomic E-state index is 14.1. The molecule has 2 saturated heterocycles. The Labute approximate surface area is 215 Å². The van der Waals surface area contributed by atoms with Gasteiger partial charge in [-0.25, -0.2) is 4.79 Å². The fourth-order valence-electron chi connectivity index (χ4n) is 7.20. The lowest BCUT2D eigenvalue weighted by Crippen LogP contribution is -2.52. The summed E-state index contributed by atoms with van der Waals surface area (Å²) in [7, 11) is 0. The van der Waals surface area contributed by atoms with Gasteiger partial charge in [0.1, 0.15) is 0 Å². The molecule has 3 atom stereocenters. The summed E-state index contributed by atoms with van der Waals surface area (Å²) in [4.78, 5) is 32.2. The van der Waals surface area contributed by atoms with Crippen molar-refractivity contribution in [3.8, 4) is 0 Å². The van der Waals surface area contributed by atoms with Crippen LogP contribution in [0.5, 0.6) is 0 Å². The zero-order valence-electron chi connectivity index (χ0n) is 22.0. The molecular weight excluding hydrogens is 452 g/mol. The van der Waals surface area contributed by atoms with E-state index in [1.54, 1.807) is 0 Å². The first-order valence-corrected chi connectivity index (χ1v) is 14.5. The van der Waals surface area contributed by atoms with Crippen LogP contribution in [0.25, 0.3) is 11.0 Å². The Hall–Kier alpha value is -2.12. The third-order valence-electron chi connectivity index (χ3n) is 9.11. The van der Waals surface area contributed by atoms with Crippen LogP contribution in [0.2, 0.25) is 0 Å². The van der Waals surface area contributed by atoms with Gasteiger partial charge in [0.15, 0.2) is 0 Å². The number of benzene rings is 1. The number of rotatable bonds is 6. The molecule has 7 nitrogen and oxygen atoms in total. The number of imidazole rings is 1. The number of carbonyl (C=O) groups excluding carboxylic acids is 1. The van der Waals surface area contributed by atoms with Gasteiger partial charge in [-0.1, -0.05) is 44.2 Å². The Morgan fingerprint density at radius 2 is 1.67 bits per heavy atom. The number of hydrogen-bond donors (Lipinski definition) is 1. The van der Waals surface area contributed by atoms with E-state index in [9.17, 15) is 14.7 Å². The van der Waals surface area contributed by atoms with Crippen LogP contribution >= 0.6 is 0 Å². The summed E-state index contributed by atoms with van der Waals surface area (Å²) in [6.07, 6.45) is 11.9. The van der Waals surface area contributed by atoms with Gasteiger partial charge in [0.05, 0.1) is 35.6 Å². The first kappa shape index (κ1) is 25.5. The zero-order valence-corrected chi connectivity index (χ0v) is 22.0. The van der Waals surface area contributed by atoms with Crippen LogP contribution in [0.3, 0.4) is 0 Å². The topological polar surface area (TPSA) is 70.7 Å². The van der Waals surface area contributed by atoms with Gasteiger partial charge in [0.25, 0.3) is 0 Å². The lowest BCUT2D eigenvalue weighted by atomic mass is 9.87. The maximum Gasteiger partial charge on any atom is 0.329 e. The highest BCUT2D eigenvalue weighted by Gasteiger charge is 2.42. The SMILES string of the molecule is CCn1c(=O)n([C@H]2CCN(CC3CCCCCCC3)C[C@@H]2C(=O)N2CCC[C@H]2CO)c2ccccc21. The van der Waals surface area contributed by atoms with Gasteiger partial charge in [-0.3, -0.25) is 13.9 Å². The van der Waals surface area contributed by atoms with Crippen molar-refractivity contribution in [2.24, 2.45) is 11.8 Å². The number of carbonyl (C=O) groups is 1. The normalized spacial score (nSPS) is 26.8. The second-order valence-electron chi connectivity index (χ2n) is 11.3. The van der Waals surface area contributed by atoms with Crippen molar-refractivity contribution in [1.82, 2.24) is 18.9 Å². The number of amides is 1. The van der Waals surface area contributed by atoms with E-state index in [1.807, 2.05) is 45.2 Å². The number of aliphatic hydroxyl groups excluding tert-OH is 1. The van der Waals surface area contributed by atoms with E-state index < -0.39 is 0 Å². The molecule has 3 fully saturated rings. The van der Waals surface area contributed by atoms with Crippen LogP contribution in [0.4, 0.5) is 0 Å². The lowest BCUT2D eigenvalue weighted by molar-refractivity contribution is -0.141. The molecule has 1 N–H and O–H groups in total. The standard InChI is InChI=1S/C29H44N4O3/c1-2-31-26-14-8-9-15-27(26)33(29(31)36)25-16-18-30(19-22-11-6-4-3-5-7-12-22)20-24(25)28(35)32-17-10-13-23(32)21-34/h8-9,14-15,22-25,34H,2-7,10-13,16-21H2,1H3/t23-,24-,25-/m0/s1. The summed E-state index contributed by atoms with van der Waals surface area (Å²) in [5, 5.41) is 9.94. The second kappa shape index (κ2) is 11.5. The molecule has 5 rings (SSSR count). The monoisotopic (exact) mass is 496 g/mol. The van der Waals surface area contributed by atoms with Gasteiger partial charge >= 0.3 is 5.69 Å². The van der Waals surface area contributed by atoms with Gasteiger partial charge in [0, 0.05) is 32.7 Å². The Bertz CT molecular complexity index is 1080. The Kier molecular flexibility index (Phi) is 8.16. The number of likely N-dealkylation sites (tertiary alicyclic amines) is 2. The first-order valence-electron chi connectivity index (χ1n) is 14.5. The number of nitrogens with zero attached hydrogens (tertiary/aromatic N) is 4. The van der Waals surface area contributed by atoms with E-state index in [0.29, 0.717) is 25.6 Å². The van der Waals surface area contributed by atoms with E-state index in [1.165, 1.54) is 44.9 Å². The van der Waals surface area contributed by atoms with Gasteiger partial charge in [-0.05, 0) is 57.1 Å². The number of fused-ring (bicyclic) bond motifs is 1. The summed E-state index contributed by atoms with van der Waals surface area (Å²) < 4.78 is 3.77. The predicted molar refractivity (Wildman–Crippen MR) is 143 cm³/mol. The van der Waals surface area contributed by atoms with Crippen molar-refractivity contribution in [3.05, 3.63) is 34.7 Å². The molecule has 1 amide bonds. The van der Waals surface area contributed by atoms with Crippen molar-refractivity contribution in [2.75, 3.05) is 32.8 Å². The molecule has 1 saturated carbocycles. The molecule has 2 aromatic rings. The quantitative estimate of drug-likeness (QED) is 0.656. The molecule has 3 aliphatic rings. The van der Waals surface area contributed by atoms with Crippen molar-refractivity contribution < 1.29 is 9.90 Å². The zero-order chi connectivity index (χ0) is 25.1. The van der Waals surface area contributed by atoms with Crippen LogP contribution < -0.4 is 5.69 Å². The van der Waals surface area contributed by atoms with E-state index in [-0.39, 0.29) is 36.2 Å². The van der Waals surface area contributed by atoms with Crippen molar-refractivity contribution >= 4 is 16.9 Å². The molecular formula is C29H44N4O3. The van der Waals surface area contributed by atoms with Crippen LogP contribution in [0.15, 0.2) is 29.1 Å². The van der Waals surface area contributed by atoms with Crippen LogP contribution in [0.1, 0.15) is 77.2 Å². The van der Waals surface area contributed by atoms with Crippen LogP contribution in [-0.2, 0) is 11.3 Å². The van der Waals surface area contributed by atoms with Crippen LogP contribution in [0, 0.1) is 11.8 Å². The number of aliphatic hydroxyl groups is 1. The maximum atomic E-state index is 14.1. The minimum Gasteiger partial charge on any atom is -0.394 e. The van der Waals surface area contributed by atoms with Gasteiger partial charge in [-0.15, -0.1) is 0 Å². The molecule has 0 bridgehead atoms. The van der Waals surface area contributed by atoms with E-state index in [2.05, 4.69) is 4.90 Å². The molecule has 3 heterocycles. The van der Waals surface area contributed by atoms with Gasteiger partial charge < -0.3 is 14.9 Å². The molecule has 7 heteroatoms. The molecule has 1 aromatic carbocycles. The number of aryl methyl sites for hydroxylation is 1. The summed E-state index contributed by atoms with van der Waals surface area (Å²) in [5.74, 6) is 0.562. The fraction of sp³-hybridized carbons (Fsp3) is 0.724. The van der Waals surface area contributed by atoms with Crippen molar-refractivity contribution in [2.45, 2.75) is 89.8 Å². The highest BCUT2D eigenvalue weighted by Crippen LogP contribution is 2.35. The summed E-state index contributed by atoms with van der Waals surface area (Å²) in [5.41, 5.74) is 1.87. The predicted octanol–water partition coefficient (Wildman–Crippen LogP) is 4.03. The van der Waals surface area contributed by atoms with Crippen molar-refractivity contribution in [1.29, 1.82) is 0 Å². The average molecular weight is 497 g/mol. The highest BCUT2D eigenvalue weighted by atomic mass is 16.3. The average Bonchev–Trinajstić information content (AvgIpc) is 3.47.